The number of hydrogen-bond donors (Lipinski definition) is 1. The number of piperidine rings is 1. The lowest BCUT2D eigenvalue weighted by Gasteiger charge is -2.33. The van der Waals surface area contributed by atoms with E-state index >= 15 is 0 Å². The summed E-state index contributed by atoms with van der Waals surface area (Å²) in [5.74, 6) is -0.0416. The van der Waals surface area contributed by atoms with Crippen LogP contribution in [-0.2, 0) is 0 Å². The van der Waals surface area contributed by atoms with Gasteiger partial charge in [0.05, 0.1) is 16.8 Å². The summed E-state index contributed by atoms with van der Waals surface area (Å²) in [5.41, 5.74) is 2.96. The van der Waals surface area contributed by atoms with Crippen molar-refractivity contribution >= 4 is 16.8 Å². The first kappa shape index (κ1) is 18.5. The van der Waals surface area contributed by atoms with Gasteiger partial charge in [0, 0.05) is 35.9 Å². The maximum atomic E-state index is 13.2. The summed E-state index contributed by atoms with van der Waals surface area (Å²) >= 11 is 0. The lowest BCUT2D eigenvalue weighted by atomic mass is 10.0. The smallest absolute Gasteiger partial charge is 0.252 e. The van der Waals surface area contributed by atoms with Crippen molar-refractivity contribution in [2.75, 3.05) is 19.6 Å². The minimum atomic E-state index is -0.0416. The Bertz CT molecular complexity index is 958. The summed E-state index contributed by atoms with van der Waals surface area (Å²) in [6.07, 6.45) is 8.20. The molecule has 6 heteroatoms. The average molecular weight is 375 g/mol. The number of para-hydroxylation sites is 1. The van der Waals surface area contributed by atoms with Crippen molar-refractivity contribution in [1.29, 1.82) is 0 Å². The predicted molar refractivity (Wildman–Crippen MR) is 110 cm³/mol. The monoisotopic (exact) mass is 375 g/mol. The molecule has 1 fully saturated rings. The molecule has 0 radical (unpaired) electrons. The third-order valence-electron chi connectivity index (χ3n) is 5.20. The molecule has 0 bridgehead atoms. The lowest BCUT2D eigenvalue weighted by molar-refractivity contribution is 0.0905. The van der Waals surface area contributed by atoms with Gasteiger partial charge in [0.2, 0.25) is 0 Å². The molecule has 0 saturated carbocycles. The van der Waals surface area contributed by atoms with Crippen LogP contribution >= 0.6 is 0 Å². The number of hydrogen-bond acceptors (Lipinski definition) is 5. The van der Waals surface area contributed by atoms with Crippen molar-refractivity contribution in [2.24, 2.45) is 0 Å². The minimum absolute atomic E-state index is 0.0416. The molecule has 3 aromatic rings. The zero-order valence-electron chi connectivity index (χ0n) is 16.1. The van der Waals surface area contributed by atoms with Crippen LogP contribution in [0, 0.1) is 0 Å². The highest BCUT2D eigenvalue weighted by Crippen LogP contribution is 2.24. The quantitative estimate of drug-likeness (QED) is 0.741. The number of carbonyl (C=O) groups excluding carboxylic acids is 1. The molecule has 1 aromatic carbocycles. The van der Waals surface area contributed by atoms with Crippen LogP contribution in [0.5, 0.6) is 0 Å². The van der Waals surface area contributed by atoms with Gasteiger partial charge < -0.3 is 10.2 Å². The molecule has 0 aliphatic carbocycles. The van der Waals surface area contributed by atoms with E-state index in [-0.39, 0.29) is 11.9 Å². The first-order chi connectivity index (χ1) is 13.7. The summed E-state index contributed by atoms with van der Waals surface area (Å²) in [7, 11) is 0. The van der Waals surface area contributed by atoms with Crippen molar-refractivity contribution in [2.45, 2.75) is 32.2 Å². The van der Waals surface area contributed by atoms with Crippen LogP contribution < -0.4 is 5.32 Å². The van der Waals surface area contributed by atoms with Gasteiger partial charge in [-0.15, -0.1) is 0 Å². The van der Waals surface area contributed by atoms with Gasteiger partial charge in [-0.1, -0.05) is 25.1 Å². The number of amides is 1. The van der Waals surface area contributed by atoms with Crippen LogP contribution in [0.25, 0.3) is 22.2 Å². The Morgan fingerprint density at radius 1 is 1.25 bits per heavy atom. The molecule has 1 unspecified atom stereocenters. The van der Waals surface area contributed by atoms with Crippen LogP contribution in [0.3, 0.4) is 0 Å². The third kappa shape index (κ3) is 4.02. The molecule has 4 rings (SSSR count). The molecule has 1 aliphatic rings. The van der Waals surface area contributed by atoms with E-state index in [9.17, 15) is 4.79 Å². The van der Waals surface area contributed by atoms with E-state index in [0.29, 0.717) is 11.3 Å². The number of benzene rings is 1. The first-order valence-corrected chi connectivity index (χ1v) is 9.93. The summed E-state index contributed by atoms with van der Waals surface area (Å²) in [5, 5.41) is 4.12. The Morgan fingerprint density at radius 3 is 2.89 bits per heavy atom. The van der Waals surface area contributed by atoms with E-state index in [1.165, 1.54) is 6.33 Å². The van der Waals surface area contributed by atoms with E-state index < -0.39 is 0 Å². The second kappa shape index (κ2) is 8.44. The molecule has 6 nitrogen and oxygen atoms in total. The second-order valence-corrected chi connectivity index (χ2v) is 7.31. The number of aromatic nitrogens is 3. The number of likely N-dealkylation sites (tertiary alicyclic amines) is 1. The lowest BCUT2D eigenvalue weighted by Crippen LogP contribution is -2.47. The molecular formula is C22H25N5O. The number of rotatable bonds is 5. The minimum Gasteiger partial charge on any atom is -0.348 e. The van der Waals surface area contributed by atoms with Crippen molar-refractivity contribution in [3.05, 3.63) is 54.6 Å². The molecular weight excluding hydrogens is 350 g/mol. The summed E-state index contributed by atoms with van der Waals surface area (Å²) in [6.45, 7) is 5.32. The van der Waals surface area contributed by atoms with Gasteiger partial charge in [-0.2, -0.15) is 0 Å². The molecule has 28 heavy (non-hydrogen) atoms. The fourth-order valence-corrected chi connectivity index (χ4v) is 3.90. The number of nitrogens with one attached hydrogen (secondary N) is 1. The van der Waals surface area contributed by atoms with E-state index in [1.807, 2.05) is 30.3 Å². The number of carbonyl (C=O) groups is 1. The molecule has 3 heterocycles. The SMILES string of the molecule is CCCN1CCCC(NC(=O)c2cc(-c3cncnc3)nc3ccccc23)C1. The van der Waals surface area contributed by atoms with E-state index in [2.05, 4.69) is 27.1 Å². The highest BCUT2D eigenvalue weighted by molar-refractivity contribution is 6.07. The molecule has 1 amide bonds. The Morgan fingerprint density at radius 2 is 2.07 bits per heavy atom. The normalized spacial score (nSPS) is 17.5. The zero-order chi connectivity index (χ0) is 19.3. The van der Waals surface area contributed by atoms with Gasteiger partial charge >= 0.3 is 0 Å². The van der Waals surface area contributed by atoms with Gasteiger partial charge in [-0.3, -0.25) is 4.79 Å². The highest BCUT2D eigenvalue weighted by atomic mass is 16.1. The van der Waals surface area contributed by atoms with E-state index in [4.69, 9.17) is 4.98 Å². The van der Waals surface area contributed by atoms with E-state index in [1.54, 1.807) is 12.4 Å². The van der Waals surface area contributed by atoms with Gasteiger partial charge in [-0.25, -0.2) is 15.0 Å². The maximum Gasteiger partial charge on any atom is 0.252 e. The summed E-state index contributed by atoms with van der Waals surface area (Å²) in [4.78, 5) is 28.5. The molecule has 0 spiro atoms. The average Bonchev–Trinajstić information content (AvgIpc) is 2.74. The molecule has 144 valence electrons. The Hall–Kier alpha value is -2.86. The van der Waals surface area contributed by atoms with Crippen molar-refractivity contribution in [3.63, 3.8) is 0 Å². The Kier molecular flexibility index (Phi) is 5.58. The molecule has 1 atom stereocenters. The van der Waals surface area contributed by atoms with Gasteiger partial charge in [-0.05, 0) is 44.5 Å². The van der Waals surface area contributed by atoms with E-state index in [0.717, 1.165) is 55.4 Å². The van der Waals surface area contributed by atoms with Crippen LogP contribution in [0.4, 0.5) is 0 Å². The number of fused-ring (bicyclic) bond motifs is 1. The molecule has 1 saturated heterocycles. The van der Waals surface area contributed by atoms with Gasteiger partial charge in [0.25, 0.3) is 5.91 Å². The van der Waals surface area contributed by atoms with Gasteiger partial charge in [0.1, 0.15) is 6.33 Å². The highest BCUT2D eigenvalue weighted by Gasteiger charge is 2.22. The van der Waals surface area contributed by atoms with Gasteiger partial charge in [0.15, 0.2) is 0 Å². The fourth-order valence-electron chi connectivity index (χ4n) is 3.90. The van der Waals surface area contributed by atoms with Crippen molar-refractivity contribution < 1.29 is 4.79 Å². The standard InChI is InChI=1S/C22H25N5O/c1-2-9-27-10-5-6-17(14-27)25-22(28)19-11-21(16-12-23-15-24-13-16)26-20-8-4-3-7-18(19)20/h3-4,7-8,11-13,15,17H,2,5-6,9-10,14H2,1H3,(H,25,28). The molecule has 1 N–H and O–H groups in total. The zero-order valence-corrected chi connectivity index (χ0v) is 16.1. The molecule has 2 aromatic heterocycles. The number of pyridine rings is 1. The first-order valence-electron chi connectivity index (χ1n) is 9.93. The maximum absolute atomic E-state index is 13.2. The summed E-state index contributed by atoms with van der Waals surface area (Å²) in [6, 6.07) is 9.80. The largest absolute Gasteiger partial charge is 0.348 e. The Labute approximate surface area is 165 Å². The second-order valence-electron chi connectivity index (χ2n) is 7.31. The molecule has 1 aliphatic heterocycles. The Balaban J connectivity index is 1.64. The summed E-state index contributed by atoms with van der Waals surface area (Å²) < 4.78 is 0. The fraction of sp³-hybridized carbons (Fsp3) is 0.364. The third-order valence-corrected chi connectivity index (χ3v) is 5.20. The van der Waals surface area contributed by atoms with Crippen LogP contribution in [0.2, 0.25) is 0 Å². The van der Waals surface area contributed by atoms with Crippen LogP contribution in [-0.4, -0.2) is 51.4 Å². The topological polar surface area (TPSA) is 71.0 Å². The van der Waals surface area contributed by atoms with Crippen LogP contribution in [0.1, 0.15) is 36.5 Å². The van der Waals surface area contributed by atoms with Crippen LogP contribution in [0.15, 0.2) is 49.1 Å². The number of nitrogens with zero attached hydrogens (tertiary/aromatic N) is 4. The van der Waals surface area contributed by atoms with Crippen molar-refractivity contribution in [1.82, 2.24) is 25.2 Å². The predicted octanol–water partition coefficient (Wildman–Crippen LogP) is 3.30. The van der Waals surface area contributed by atoms with Crippen molar-refractivity contribution in [3.8, 4) is 11.3 Å².